The monoisotopic (exact) mass is 468 g/mol. The molecule has 5 aliphatic carbocycles. The normalized spacial score (nSPS) is 41.9. The van der Waals surface area contributed by atoms with E-state index in [2.05, 4.69) is 47.6 Å². The first-order valence-corrected chi connectivity index (χ1v) is 16.0. The fraction of sp³-hybridized carbons (Fsp3) is 0.941. The summed E-state index contributed by atoms with van der Waals surface area (Å²) in [7, 11) is 0. The van der Waals surface area contributed by atoms with Crippen molar-refractivity contribution in [1.82, 2.24) is 0 Å². The maximum atomic E-state index is 2.79. The quantitative estimate of drug-likeness (QED) is 0.326. The summed E-state index contributed by atoms with van der Waals surface area (Å²) >= 11 is 0. The predicted molar refractivity (Wildman–Crippen MR) is 150 cm³/mol. The summed E-state index contributed by atoms with van der Waals surface area (Å²) < 4.78 is 0. The standard InChI is InChI=1S/C30H52.C4H8/c1-7-9-23-16-18-29(5)24(20-23)12-13-25-27-15-14-26(22(4)11-8-10-21(2)3)30(27,6)19-17-28(25)29;1-2-4-3-1/h12,21-23,25-28H,7-11,13-20H2,1-6H3;1-4H2/t22-,23+,25-,26?,27+,28?,29?,30?;/m1./s1. The van der Waals surface area contributed by atoms with Gasteiger partial charge in [0, 0.05) is 0 Å². The van der Waals surface area contributed by atoms with Crippen LogP contribution in [0.3, 0.4) is 0 Å². The number of hydrogen-bond acceptors (Lipinski definition) is 0. The summed E-state index contributed by atoms with van der Waals surface area (Å²) in [5, 5.41) is 0. The maximum Gasteiger partial charge on any atom is -0.00851 e. The van der Waals surface area contributed by atoms with Crippen LogP contribution in [0.2, 0.25) is 0 Å². The maximum absolute atomic E-state index is 2.79. The average molecular weight is 469 g/mol. The molecule has 5 rings (SSSR count). The zero-order chi connectivity index (χ0) is 24.3. The first-order valence-electron chi connectivity index (χ1n) is 16.0. The van der Waals surface area contributed by atoms with E-state index in [1.807, 2.05) is 5.57 Å². The van der Waals surface area contributed by atoms with Crippen LogP contribution in [0.5, 0.6) is 0 Å². The lowest BCUT2D eigenvalue weighted by molar-refractivity contribution is -0.0529. The second-order valence-corrected chi connectivity index (χ2v) is 14.6. The highest BCUT2D eigenvalue weighted by Crippen LogP contribution is 2.67. The van der Waals surface area contributed by atoms with Gasteiger partial charge in [-0.3, -0.25) is 0 Å². The van der Waals surface area contributed by atoms with Gasteiger partial charge >= 0.3 is 0 Å². The molecule has 0 aromatic carbocycles. The van der Waals surface area contributed by atoms with Crippen LogP contribution in [-0.4, -0.2) is 0 Å². The minimum Gasteiger partial charge on any atom is -0.0845 e. The van der Waals surface area contributed by atoms with Gasteiger partial charge in [0.25, 0.3) is 0 Å². The molecule has 0 N–H and O–H groups in total. The Kier molecular flexibility index (Phi) is 9.00. The summed E-state index contributed by atoms with van der Waals surface area (Å²) in [6, 6.07) is 0. The summed E-state index contributed by atoms with van der Waals surface area (Å²) in [5.41, 5.74) is 3.09. The molecule has 0 spiro atoms. The Hall–Kier alpha value is -0.260. The van der Waals surface area contributed by atoms with E-state index in [9.17, 15) is 0 Å². The van der Waals surface area contributed by atoms with Gasteiger partial charge in [0.15, 0.2) is 0 Å². The van der Waals surface area contributed by atoms with Crippen LogP contribution < -0.4 is 0 Å². The van der Waals surface area contributed by atoms with Gasteiger partial charge in [0.05, 0.1) is 0 Å². The molecule has 4 saturated carbocycles. The van der Waals surface area contributed by atoms with E-state index >= 15 is 0 Å². The SMILES string of the molecule is C1CCC1.CCC[C@H]1CCC2(C)C(=CC[C@H]3C2CCC2(C)C([C@H](C)CCCC(C)C)CC[C@@H]32)C1. The largest absolute Gasteiger partial charge is 0.0845 e. The Bertz CT molecular complexity index is 664. The van der Waals surface area contributed by atoms with Gasteiger partial charge < -0.3 is 0 Å². The third-order valence-electron chi connectivity index (χ3n) is 12.1. The molecule has 0 radical (unpaired) electrons. The molecule has 0 bridgehead atoms. The van der Waals surface area contributed by atoms with Gasteiger partial charge in [-0.1, -0.05) is 111 Å². The van der Waals surface area contributed by atoms with E-state index in [1.165, 1.54) is 109 Å². The minimum atomic E-state index is 0.551. The Labute approximate surface area is 214 Å². The Balaban J connectivity index is 0.000000620. The average Bonchev–Trinajstić information content (AvgIpc) is 3.10. The van der Waals surface area contributed by atoms with E-state index in [0.717, 1.165) is 41.4 Å². The topological polar surface area (TPSA) is 0 Å². The van der Waals surface area contributed by atoms with E-state index in [-0.39, 0.29) is 0 Å². The Morgan fingerprint density at radius 1 is 0.882 bits per heavy atom. The molecule has 0 nitrogen and oxygen atoms in total. The van der Waals surface area contributed by atoms with Crippen LogP contribution in [0, 0.1) is 52.3 Å². The molecule has 4 fully saturated rings. The zero-order valence-electron chi connectivity index (χ0n) is 24.1. The lowest BCUT2D eigenvalue weighted by atomic mass is 9.46. The number of allylic oxidation sites excluding steroid dienone is 2. The van der Waals surface area contributed by atoms with Crippen molar-refractivity contribution in [2.24, 2.45) is 52.3 Å². The van der Waals surface area contributed by atoms with Gasteiger partial charge in [0.1, 0.15) is 0 Å². The summed E-state index contributed by atoms with van der Waals surface area (Å²) in [6.07, 6.45) is 27.9. The van der Waals surface area contributed by atoms with Gasteiger partial charge in [-0.25, -0.2) is 0 Å². The third-order valence-corrected chi connectivity index (χ3v) is 12.1. The predicted octanol–water partition coefficient (Wildman–Crippen LogP) is 11.0. The summed E-state index contributed by atoms with van der Waals surface area (Å²) in [4.78, 5) is 0. The molecule has 34 heavy (non-hydrogen) atoms. The van der Waals surface area contributed by atoms with E-state index in [4.69, 9.17) is 0 Å². The number of fused-ring (bicyclic) bond motifs is 5. The van der Waals surface area contributed by atoms with Crippen LogP contribution >= 0.6 is 0 Å². The molecule has 0 amide bonds. The Morgan fingerprint density at radius 2 is 1.62 bits per heavy atom. The molecule has 0 aromatic rings. The number of hydrogen-bond donors (Lipinski definition) is 0. The molecule has 0 saturated heterocycles. The fourth-order valence-electron chi connectivity index (χ4n) is 9.67. The lowest BCUT2D eigenvalue weighted by Crippen LogP contribution is -2.50. The molecule has 8 atom stereocenters. The summed E-state index contributed by atoms with van der Waals surface area (Å²) in [6.45, 7) is 15.2. The van der Waals surface area contributed by atoms with Gasteiger partial charge in [-0.15, -0.1) is 0 Å². The van der Waals surface area contributed by atoms with Crippen molar-refractivity contribution in [3.8, 4) is 0 Å². The highest BCUT2D eigenvalue weighted by Gasteiger charge is 2.59. The smallest absolute Gasteiger partial charge is 0.00851 e. The van der Waals surface area contributed by atoms with E-state index < -0.39 is 0 Å². The van der Waals surface area contributed by atoms with Crippen LogP contribution in [0.4, 0.5) is 0 Å². The molecule has 0 aromatic heterocycles. The highest BCUT2D eigenvalue weighted by molar-refractivity contribution is 5.25. The second-order valence-electron chi connectivity index (χ2n) is 14.6. The van der Waals surface area contributed by atoms with Crippen molar-refractivity contribution in [3.63, 3.8) is 0 Å². The Morgan fingerprint density at radius 3 is 2.26 bits per heavy atom. The lowest BCUT2D eigenvalue weighted by Gasteiger charge is -2.58. The first kappa shape index (κ1) is 26.8. The van der Waals surface area contributed by atoms with Gasteiger partial charge in [-0.05, 0) is 104 Å². The molecule has 0 aliphatic heterocycles. The molecule has 0 heterocycles. The van der Waals surface area contributed by atoms with Crippen molar-refractivity contribution in [3.05, 3.63) is 11.6 Å². The molecule has 196 valence electrons. The van der Waals surface area contributed by atoms with Crippen LogP contribution in [-0.2, 0) is 0 Å². The molecule has 4 unspecified atom stereocenters. The zero-order valence-corrected chi connectivity index (χ0v) is 24.1. The van der Waals surface area contributed by atoms with Crippen molar-refractivity contribution < 1.29 is 0 Å². The fourth-order valence-corrected chi connectivity index (χ4v) is 9.67. The third kappa shape index (κ3) is 5.37. The van der Waals surface area contributed by atoms with E-state index in [0.29, 0.717) is 10.8 Å². The number of rotatable bonds is 7. The molecule has 5 aliphatic rings. The second kappa shape index (κ2) is 11.4. The van der Waals surface area contributed by atoms with Crippen LogP contribution in [0.25, 0.3) is 0 Å². The van der Waals surface area contributed by atoms with Crippen molar-refractivity contribution in [2.45, 2.75) is 151 Å². The highest BCUT2D eigenvalue weighted by atomic mass is 14.6. The molecular weight excluding hydrogens is 408 g/mol. The molecule has 0 heteroatoms. The van der Waals surface area contributed by atoms with Gasteiger partial charge in [0.2, 0.25) is 0 Å². The first-order chi connectivity index (χ1) is 16.3. The van der Waals surface area contributed by atoms with Crippen LogP contribution in [0.15, 0.2) is 11.6 Å². The van der Waals surface area contributed by atoms with Crippen molar-refractivity contribution >= 4 is 0 Å². The van der Waals surface area contributed by atoms with Crippen LogP contribution in [0.1, 0.15) is 151 Å². The summed E-state index contributed by atoms with van der Waals surface area (Å²) in [5.74, 6) is 6.79. The van der Waals surface area contributed by atoms with Crippen molar-refractivity contribution in [2.75, 3.05) is 0 Å². The van der Waals surface area contributed by atoms with E-state index in [1.54, 1.807) is 0 Å². The van der Waals surface area contributed by atoms with Gasteiger partial charge in [-0.2, -0.15) is 0 Å². The minimum absolute atomic E-state index is 0.551. The van der Waals surface area contributed by atoms with Crippen molar-refractivity contribution in [1.29, 1.82) is 0 Å². The molecular formula is C34H60.